The first-order valence-electron chi connectivity index (χ1n) is 3.48. The highest BCUT2D eigenvalue weighted by Crippen LogP contribution is 2.25. The van der Waals surface area contributed by atoms with Gasteiger partial charge in [0.1, 0.15) is 6.10 Å². The molecule has 0 spiro atoms. The van der Waals surface area contributed by atoms with E-state index in [1.807, 2.05) is 0 Å². The molecule has 0 unspecified atom stereocenters. The van der Waals surface area contributed by atoms with Crippen LogP contribution in [0.5, 0.6) is 0 Å². The molecule has 2 bridgehead atoms. The Labute approximate surface area is 58.9 Å². The van der Waals surface area contributed by atoms with Crippen LogP contribution in [0.25, 0.3) is 0 Å². The van der Waals surface area contributed by atoms with E-state index in [-0.39, 0.29) is 12.1 Å². The molecule has 0 saturated carbocycles. The quantitative estimate of drug-likeness (QED) is 0.450. The zero-order valence-electron chi connectivity index (χ0n) is 5.56. The van der Waals surface area contributed by atoms with E-state index in [0.29, 0.717) is 13.0 Å². The molecule has 4 nitrogen and oxygen atoms in total. The fraction of sp³-hybridized carbons (Fsp3) is 1.00. The molecular weight excluding hydrogens is 134 g/mol. The van der Waals surface area contributed by atoms with Crippen molar-refractivity contribution in [2.45, 2.75) is 31.0 Å². The highest BCUT2D eigenvalue weighted by molar-refractivity contribution is 4.87. The average molecular weight is 145 g/mol. The maximum atomic E-state index is 9.29. The molecular formula is C6H11NO3. The first kappa shape index (κ1) is 6.54. The Morgan fingerprint density at radius 1 is 1.50 bits per heavy atom. The van der Waals surface area contributed by atoms with Gasteiger partial charge in [0.05, 0.1) is 12.7 Å². The number of nitrogens with two attached hydrogens (primary N) is 1. The van der Waals surface area contributed by atoms with Crippen LogP contribution in [-0.2, 0) is 9.47 Å². The van der Waals surface area contributed by atoms with Gasteiger partial charge in [0.2, 0.25) is 0 Å². The number of ether oxygens (including phenoxy) is 2. The Bertz CT molecular complexity index is 141. The zero-order chi connectivity index (χ0) is 7.14. The predicted octanol–water partition coefficient (Wildman–Crippen LogP) is -1.18. The molecule has 0 aromatic rings. The number of hydrogen-bond donors (Lipinski definition) is 2. The van der Waals surface area contributed by atoms with Crippen LogP contribution in [0.4, 0.5) is 0 Å². The average Bonchev–Trinajstić information content (AvgIpc) is 2.29. The van der Waals surface area contributed by atoms with Gasteiger partial charge in [0, 0.05) is 6.04 Å². The smallest absolute Gasteiger partial charge is 0.185 e. The van der Waals surface area contributed by atoms with E-state index in [1.165, 1.54) is 0 Å². The van der Waals surface area contributed by atoms with Gasteiger partial charge in [-0.1, -0.05) is 0 Å². The summed E-state index contributed by atoms with van der Waals surface area (Å²) in [7, 11) is 0. The van der Waals surface area contributed by atoms with E-state index in [4.69, 9.17) is 15.2 Å². The molecule has 2 heterocycles. The Kier molecular flexibility index (Phi) is 1.42. The molecule has 2 aliphatic heterocycles. The highest BCUT2D eigenvalue weighted by Gasteiger charge is 2.41. The van der Waals surface area contributed by atoms with Gasteiger partial charge in [-0.15, -0.1) is 0 Å². The monoisotopic (exact) mass is 145 g/mol. The van der Waals surface area contributed by atoms with Crippen LogP contribution in [0.3, 0.4) is 0 Å². The lowest BCUT2D eigenvalue weighted by Crippen LogP contribution is -2.48. The maximum absolute atomic E-state index is 9.29. The first-order chi connectivity index (χ1) is 4.77. The summed E-state index contributed by atoms with van der Waals surface area (Å²) in [5.74, 6) is 0. The van der Waals surface area contributed by atoms with Crippen LogP contribution < -0.4 is 5.73 Å². The summed E-state index contributed by atoms with van der Waals surface area (Å²) in [5, 5.41) is 9.29. The van der Waals surface area contributed by atoms with Crippen molar-refractivity contribution in [3.8, 4) is 0 Å². The van der Waals surface area contributed by atoms with Crippen molar-refractivity contribution < 1.29 is 14.6 Å². The van der Waals surface area contributed by atoms with Gasteiger partial charge in [-0.05, 0) is 6.42 Å². The minimum atomic E-state index is -0.640. The Morgan fingerprint density at radius 3 is 3.10 bits per heavy atom. The van der Waals surface area contributed by atoms with E-state index < -0.39 is 12.4 Å². The van der Waals surface area contributed by atoms with Crippen LogP contribution >= 0.6 is 0 Å². The molecule has 0 amide bonds. The fourth-order valence-electron chi connectivity index (χ4n) is 1.42. The summed E-state index contributed by atoms with van der Waals surface area (Å²) in [6, 6.07) is -0.175. The van der Waals surface area contributed by atoms with Gasteiger partial charge in [-0.3, -0.25) is 0 Å². The minimum Gasteiger partial charge on any atom is -0.386 e. The molecule has 0 radical (unpaired) electrons. The molecule has 0 aromatic carbocycles. The SMILES string of the molecule is N[C@@H]1C[C@@H]2CO[C@@H](O2)[C@H]1O. The van der Waals surface area contributed by atoms with E-state index in [2.05, 4.69) is 0 Å². The molecule has 0 aromatic heterocycles. The van der Waals surface area contributed by atoms with E-state index in [0.717, 1.165) is 0 Å². The van der Waals surface area contributed by atoms with E-state index in [1.54, 1.807) is 0 Å². The summed E-state index contributed by atoms with van der Waals surface area (Å²) in [5.41, 5.74) is 5.59. The molecule has 4 heteroatoms. The predicted molar refractivity (Wildman–Crippen MR) is 33.2 cm³/mol. The van der Waals surface area contributed by atoms with Crippen molar-refractivity contribution in [3.05, 3.63) is 0 Å². The second-order valence-electron chi connectivity index (χ2n) is 2.85. The molecule has 4 atom stereocenters. The van der Waals surface area contributed by atoms with Crippen molar-refractivity contribution in [2.75, 3.05) is 6.61 Å². The van der Waals surface area contributed by atoms with E-state index >= 15 is 0 Å². The lowest BCUT2D eigenvalue weighted by molar-refractivity contribution is -0.159. The number of rotatable bonds is 0. The summed E-state index contributed by atoms with van der Waals surface area (Å²) in [6.07, 6.45) is -0.284. The van der Waals surface area contributed by atoms with E-state index in [9.17, 15) is 5.11 Å². The third kappa shape index (κ3) is 0.845. The lowest BCUT2D eigenvalue weighted by Gasteiger charge is -2.28. The van der Waals surface area contributed by atoms with Crippen molar-refractivity contribution in [3.63, 3.8) is 0 Å². The number of aliphatic hydroxyl groups is 1. The first-order valence-corrected chi connectivity index (χ1v) is 3.48. The van der Waals surface area contributed by atoms with Crippen LogP contribution in [-0.4, -0.2) is 36.3 Å². The number of fused-ring (bicyclic) bond motifs is 2. The molecule has 58 valence electrons. The summed E-state index contributed by atoms with van der Waals surface area (Å²) >= 11 is 0. The van der Waals surface area contributed by atoms with Crippen LogP contribution in [0.15, 0.2) is 0 Å². The van der Waals surface area contributed by atoms with Crippen LogP contribution in [0.1, 0.15) is 6.42 Å². The molecule has 0 aliphatic carbocycles. The molecule has 3 N–H and O–H groups in total. The largest absolute Gasteiger partial charge is 0.386 e. The summed E-state index contributed by atoms with van der Waals surface area (Å²) < 4.78 is 10.3. The van der Waals surface area contributed by atoms with Crippen LogP contribution in [0, 0.1) is 0 Å². The Hall–Kier alpha value is -0.160. The van der Waals surface area contributed by atoms with Gasteiger partial charge >= 0.3 is 0 Å². The third-order valence-corrected chi connectivity index (χ3v) is 2.03. The van der Waals surface area contributed by atoms with Crippen molar-refractivity contribution in [2.24, 2.45) is 5.73 Å². The van der Waals surface area contributed by atoms with Gasteiger partial charge in [0.15, 0.2) is 6.29 Å². The molecule has 2 rings (SSSR count). The summed E-state index contributed by atoms with van der Waals surface area (Å²) in [4.78, 5) is 0. The normalized spacial score (nSPS) is 53.4. The number of hydrogen-bond acceptors (Lipinski definition) is 4. The second kappa shape index (κ2) is 2.17. The number of aliphatic hydroxyl groups excluding tert-OH is 1. The molecule has 10 heavy (non-hydrogen) atoms. The van der Waals surface area contributed by atoms with Gasteiger partial charge in [-0.25, -0.2) is 0 Å². The zero-order valence-corrected chi connectivity index (χ0v) is 5.56. The minimum absolute atomic E-state index is 0.114. The third-order valence-electron chi connectivity index (χ3n) is 2.03. The molecule has 2 saturated heterocycles. The summed E-state index contributed by atoms with van der Waals surface area (Å²) in [6.45, 7) is 0.579. The van der Waals surface area contributed by atoms with Gasteiger partial charge in [-0.2, -0.15) is 0 Å². The van der Waals surface area contributed by atoms with Gasteiger partial charge in [0.25, 0.3) is 0 Å². The fourth-order valence-corrected chi connectivity index (χ4v) is 1.42. The second-order valence-corrected chi connectivity index (χ2v) is 2.85. The lowest BCUT2D eigenvalue weighted by atomic mass is 10.0. The molecule has 2 aliphatic rings. The maximum Gasteiger partial charge on any atom is 0.185 e. The standard InChI is InChI=1S/C6H11NO3/c7-4-1-3-2-9-6(10-3)5(4)8/h3-6,8H,1-2,7H2/t3-,4-,5+,6+/m1/s1. The Balaban J connectivity index is 2.09. The topological polar surface area (TPSA) is 64.7 Å². The van der Waals surface area contributed by atoms with Gasteiger partial charge < -0.3 is 20.3 Å². The highest BCUT2D eigenvalue weighted by atomic mass is 16.7. The van der Waals surface area contributed by atoms with Crippen molar-refractivity contribution in [1.29, 1.82) is 0 Å². The van der Waals surface area contributed by atoms with Crippen molar-refractivity contribution >= 4 is 0 Å². The van der Waals surface area contributed by atoms with Crippen LogP contribution in [0.2, 0.25) is 0 Å². The molecule has 2 fully saturated rings. The van der Waals surface area contributed by atoms with Crippen molar-refractivity contribution in [1.82, 2.24) is 0 Å². The Morgan fingerprint density at radius 2 is 2.30 bits per heavy atom.